The van der Waals surface area contributed by atoms with Gasteiger partial charge >= 0.3 is 5.97 Å². The summed E-state index contributed by atoms with van der Waals surface area (Å²) >= 11 is 0. The Hall–Kier alpha value is -2.69. The van der Waals surface area contributed by atoms with E-state index in [2.05, 4.69) is 19.6 Å². The van der Waals surface area contributed by atoms with Gasteiger partial charge in [0.1, 0.15) is 5.52 Å². The zero-order chi connectivity index (χ0) is 21.8. The van der Waals surface area contributed by atoms with E-state index in [1.54, 1.807) is 13.0 Å². The fourth-order valence-electron chi connectivity index (χ4n) is 4.81. The Labute approximate surface area is 178 Å². The topological polar surface area (TPSA) is 124 Å². The second-order valence-corrected chi connectivity index (χ2v) is 9.91. The summed E-state index contributed by atoms with van der Waals surface area (Å²) in [6.45, 7) is 4.65. The van der Waals surface area contributed by atoms with Gasteiger partial charge in [-0.1, -0.05) is 0 Å². The second-order valence-electron chi connectivity index (χ2n) is 8.20. The zero-order valence-electron chi connectivity index (χ0n) is 17.1. The molecule has 2 bridgehead atoms. The maximum absolute atomic E-state index is 13.2. The highest BCUT2D eigenvalue weighted by Gasteiger charge is 2.36. The summed E-state index contributed by atoms with van der Waals surface area (Å²) in [6.07, 6.45) is 3.42. The minimum atomic E-state index is -3.77. The van der Waals surface area contributed by atoms with Crippen LogP contribution in [0.4, 0.5) is 0 Å². The lowest BCUT2D eigenvalue weighted by Crippen LogP contribution is -2.57. The standard InChI is InChI=1S/C21H24N4O5S/c1-2-30-21(27)15-10-22-19-18(15)14-9-13(3-4-16(14)23-20(19)26)31(28,29)24-17-11-25-7-5-12(17)6-8-25/h3-4,9-10,12,17,22,24H,2,5-8,11H2,1H3,(H,23,26). The van der Waals surface area contributed by atoms with Crippen LogP contribution < -0.4 is 10.3 Å². The average Bonchev–Trinajstić information content (AvgIpc) is 3.21. The van der Waals surface area contributed by atoms with Crippen LogP contribution in [-0.2, 0) is 14.8 Å². The molecular formula is C21H24N4O5S. The predicted molar refractivity (Wildman–Crippen MR) is 116 cm³/mol. The van der Waals surface area contributed by atoms with E-state index >= 15 is 0 Å². The van der Waals surface area contributed by atoms with Crippen molar-refractivity contribution in [2.45, 2.75) is 30.7 Å². The molecule has 1 atom stereocenters. The molecule has 3 fully saturated rings. The molecule has 6 rings (SSSR count). The Morgan fingerprint density at radius 1 is 1.29 bits per heavy atom. The minimum absolute atomic E-state index is 0.0980. The molecule has 3 aromatic rings. The minimum Gasteiger partial charge on any atom is -0.462 e. The molecule has 31 heavy (non-hydrogen) atoms. The molecule has 3 aliphatic heterocycles. The van der Waals surface area contributed by atoms with Gasteiger partial charge in [0.15, 0.2) is 0 Å². The van der Waals surface area contributed by atoms with Gasteiger partial charge in [-0.15, -0.1) is 0 Å². The fourth-order valence-corrected chi connectivity index (χ4v) is 6.13. The summed E-state index contributed by atoms with van der Waals surface area (Å²) in [5.41, 5.74) is 0.465. The van der Waals surface area contributed by atoms with Gasteiger partial charge < -0.3 is 19.6 Å². The lowest BCUT2D eigenvalue weighted by molar-refractivity contribution is 0.0529. The molecule has 0 aliphatic carbocycles. The van der Waals surface area contributed by atoms with Gasteiger partial charge in [-0.25, -0.2) is 17.9 Å². The Morgan fingerprint density at radius 3 is 2.74 bits per heavy atom. The number of carbonyl (C=O) groups excluding carboxylic acids is 1. The number of nitrogens with one attached hydrogen (secondary N) is 3. The van der Waals surface area contributed by atoms with Crippen molar-refractivity contribution in [1.29, 1.82) is 0 Å². The third-order valence-electron chi connectivity index (χ3n) is 6.38. The number of pyridine rings is 1. The number of rotatable bonds is 5. The van der Waals surface area contributed by atoms with Crippen LogP contribution in [0.2, 0.25) is 0 Å². The normalized spacial score (nSPS) is 23.5. The maximum Gasteiger partial charge on any atom is 0.340 e. The predicted octanol–water partition coefficient (Wildman–Crippen LogP) is 1.56. The van der Waals surface area contributed by atoms with Crippen LogP contribution in [0, 0.1) is 5.92 Å². The summed E-state index contributed by atoms with van der Waals surface area (Å²) in [6, 6.07) is 4.43. The van der Waals surface area contributed by atoms with E-state index < -0.39 is 16.0 Å². The molecule has 9 nitrogen and oxygen atoms in total. The molecule has 3 N–H and O–H groups in total. The molecule has 2 aromatic heterocycles. The number of nitrogens with zero attached hydrogens (tertiary/aromatic N) is 1. The summed E-state index contributed by atoms with van der Waals surface area (Å²) in [7, 11) is -3.77. The van der Waals surface area contributed by atoms with Crippen molar-refractivity contribution in [1.82, 2.24) is 19.6 Å². The lowest BCUT2D eigenvalue weighted by atomic mass is 9.85. The number of hydrogen-bond donors (Lipinski definition) is 3. The number of sulfonamides is 1. The summed E-state index contributed by atoms with van der Waals surface area (Å²) in [5, 5.41) is 0.827. The zero-order valence-corrected chi connectivity index (χ0v) is 17.9. The smallest absolute Gasteiger partial charge is 0.340 e. The average molecular weight is 445 g/mol. The molecule has 0 spiro atoms. The molecule has 164 valence electrons. The molecule has 5 heterocycles. The number of aromatic amines is 2. The molecular weight excluding hydrogens is 420 g/mol. The highest BCUT2D eigenvalue weighted by molar-refractivity contribution is 7.89. The number of benzene rings is 1. The first-order valence-corrected chi connectivity index (χ1v) is 11.9. The van der Waals surface area contributed by atoms with E-state index in [-0.39, 0.29) is 34.2 Å². The highest BCUT2D eigenvalue weighted by Crippen LogP contribution is 2.30. The van der Waals surface area contributed by atoms with Gasteiger partial charge in [0, 0.05) is 35.1 Å². The van der Waals surface area contributed by atoms with E-state index in [1.165, 1.54) is 18.3 Å². The first-order valence-electron chi connectivity index (χ1n) is 10.5. The second kappa shape index (κ2) is 7.47. The van der Waals surface area contributed by atoms with Crippen molar-refractivity contribution in [3.05, 3.63) is 40.3 Å². The van der Waals surface area contributed by atoms with Gasteiger partial charge in [0.2, 0.25) is 10.0 Å². The highest BCUT2D eigenvalue weighted by atomic mass is 32.2. The SMILES string of the molecule is CCOC(=O)c1c[nH]c2c(=O)[nH]c3ccc(S(=O)(=O)NC4CN5CCC4CC5)cc3c12. The number of ether oxygens (including phenoxy) is 1. The van der Waals surface area contributed by atoms with E-state index in [1.807, 2.05) is 0 Å². The molecule has 1 unspecified atom stereocenters. The Morgan fingerprint density at radius 2 is 2.06 bits per heavy atom. The Kier molecular flexibility index (Phi) is 4.87. The van der Waals surface area contributed by atoms with Crippen LogP contribution in [0.3, 0.4) is 0 Å². The van der Waals surface area contributed by atoms with Crippen LogP contribution in [-0.4, -0.2) is 61.5 Å². The number of hydrogen-bond acceptors (Lipinski definition) is 6. The van der Waals surface area contributed by atoms with Crippen molar-refractivity contribution < 1.29 is 17.9 Å². The van der Waals surface area contributed by atoms with Gasteiger partial charge in [0.25, 0.3) is 5.56 Å². The van der Waals surface area contributed by atoms with Crippen LogP contribution in [0.5, 0.6) is 0 Å². The number of piperidine rings is 3. The van der Waals surface area contributed by atoms with Gasteiger partial charge in [-0.05, 0) is 57.0 Å². The van der Waals surface area contributed by atoms with Crippen LogP contribution in [0.25, 0.3) is 21.8 Å². The molecule has 0 amide bonds. The van der Waals surface area contributed by atoms with Crippen molar-refractivity contribution in [3.8, 4) is 0 Å². The monoisotopic (exact) mass is 444 g/mol. The van der Waals surface area contributed by atoms with Crippen LogP contribution >= 0.6 is 0 Å². The summed E-state index contributed by atoms with van der Waals surface area (Å²) in [4.78, 5) is 32.8. The molecule has 3 saturated heterocycles. The largest absolute Gasteiger partial charge is 0.462 e. The van der Waals surface area contributed by atoms with E-state index in [0.717, 1.165) is 32.5 Å². The van der Waals surface area contributed by atoms with Crippen molar-refractivity contribution in [2.75, 3.05) is 26.2 Å². The first kappa shape index (κ1) is 20.2. The van der Waals surface area contributed by atoms with Crippen molar-refractivity contribution in [2.24, 2.45) is 5.92 Å². The van der Waals surface area contributed by atoms with E-state index in [4.69, 9.17) is 4.74 Å². The van der Waals surface area contributed by atoms with Crippen LogP contribution in [0.1, 0.15) is 30.1 Å². The molecule has 1 aromatic carbocycles. The summed E-state index contributed by atoms with van der Waals surface area (Å²) < 4.78 is 34.3. The molecule has 3 aliphatic rings. The Bertz CT molecular complexity index is 1340. The van der Waals surface area contributed by atoms with Gasteiger partial charge in [0.05, 0.1) is 17.1 Å². The lowest BCUT2D eigenvalue weighted by Gasteiger charge is -2.44. The van der Waals surface area contributed by atoms with E-state index in [0.29, 0.717) is 22.2 Å². The first-order chi connectivity index (χ1) is 14.9. The van der Waals surface area contributed by atoms with Crippen LogP contribution in [0.15, 0.2) is 34.1 Å². The molecule has 0 radical (unpaired) electrons. The number of carbonyl (C=O) groups is 1. The molecule has 0 saturated carbocycles. The maximum atomic E-state index is 13.2. The van der Waals surface area contributed by atoms with E-state index in [9.17, 15) is 18.0 Å². The third-order valence-corrected chi connectivity index (χ3v) is 7.87. The fraction of sp³-hybridized carbons (Fsp3) is 0.429. The van der Waals surface area contributed by atoms with Crippen molar-refractivity contribution >= 4 is 37.8 Å². The Balaban J connectivity index is 1.59. The van der Waals surface area contributed by atoms with Gasteiger partial charge in [-0.3, -0.25) is 4.79 Å². The van der Waals surface area contributed by atoms with Crippen molar-refractivity contribution in [3.63, 3.8) is 0 Å². The number of H-pyrrole nitrogens is 2. The number of esters is 1. The molecule has 10 heteroatoms. The van der Waals surface area contributed by atoms with Gasteiger partial charge in [-0.2, -0.15) is 0 Å². The third kappa shape index (κ3) is 3.44. The summed E-state index contributed by atoms with van der Waals surface area (Å²) in [5.74, 6) is -0.220. The number of aromatic nitrogens is 2. The quantitative estimate of drug-likeness (QED) is 0.513. The number of fused-ring (bicyclic) bond motifs is 6.